The van der Waals surface area contributed by atoms with Crippen molar-refractivity contribution in [2.45, 2.75) is 33.0 Å². The average Bonchev–Trinajstić information content (AvgIpc) is 2.51. The number of carbonyl (C=O) groups excluding carboxylic acids is 1. The molecule has 2 aromatic rings. The molecule has 0 fully saturated rings. The van der Waals surface area contributed by atoms with Gasteiger partial charge in [-0.25, -0.2) is 0 Å². The van der Waals surface area contributed by atoms with Crippen LogP contribution in [0.1, 0.15) is 20.8 Å². The summed E-state index contributed by atoms with van der Waals surface area (Å²) in [4.78, 5) is 12.2. The molecule has 0 aliphatic carbocycles. The largest absolute Gasteiger partial charge is 0.491 e. The van der Waals surface area contributed by atoms with E-state index in [0.717, 1.165) is 5.75 Å². The van der Waals surface area contributed by atoms with E-state index in [2.05, 4.69) is 5.32 Å². The first-order valence-electron chi connectivity index (χ1n) is 7.44. The molecular formula is C18H20ClNO3. The zero-order valence-corrected chi connectivity index (χ0v) is 14.1. The van der Waals surface area contributed by atoms with E-state index >= 15 is 0 Å². The lowest BCUT2D eigenvalue weighted by Gasteiger charge is -2.15. The van der Waals surface area contributed by atoms with E-state index in [1.165, 1.54) is 0 Å². The van der Waals surface area contributed by atoms with Crippen molar-refractivity contribution in [2.75, 3.05) is 5.32 Å². The Labute approximate surface area is 141 Å². The van der Waals surface area contributed by atoms with Gasteiger partial charge in [-0.05, 0) is 69.3 Å². The van der Waals surface area contributed by atoms with Crippen LogP contribution in [0.5, 0.6) is 11.5 Å². The van der Waals surface area contributed by atoms with Gasteiger partial charge in [0.05, 0.1) is 6.10 Å². The van der Waals surface area contributed by atoms with Gasteiger partial charge in [0.2, 0.25) is 0 Å². The molecule has 1 amide bonds. The fraction of sp³-hybridized carbons (Fsp3) is 0.278. The molecule has 0 spiro atoms. The summed E-state index contributed by atoms with van der Waals surface area (Å²) >= 11 is 5.82. The second kappa shape index (κ2) is 7.88. The number of anilines is 1. The molecule has 2 rings (SSSR count). The molecule has 0 aromatic heterocycles. The maximum absolute atomic E-state index is 12.2. The molecule has 23 heavy (non-hydrogen) atoms. The Morgan fingerprint density at radius 3 is 2.00 bits per heavy atom. The topological polar surface area (TPSA) is 47.6 Å². The van der Waals surface area contributed by atoms with Crippen molar-refractivity contribution in [1.29, 1.82) is 0 Å². The second-order valence-corrected chi connectivity index (χ2v) is 5.83. The van der Waals surface area contributed by atoms with Crippen LogP contribution in [0.4, 0.5) is 5.69 Å². The van der Waals surface area contributed by atoms with Crippen LogP contribution in [0, 0.1) is 0 Å². The standard InChI is InChI=1S/C18H20ClNO3/c1-12(2)22-16-10-6-15(7-11-16)20-18(21)13(3)23-17-8-4-14(19)5-9-17/h4-13H,1-3H3,(H,20,21). The smallest absolute Gasteiger partial charge is 0.265 e. The Morgan fingerprint density at radius 2 is 1.43 bits per heavy atom. The molecule has 0 radical (unpaired) electrons. The number of nitrogens with one attached hydrogen (secondary N) is 1. The monoisotopic (exact) mass is 333 g/mol. The zero-order valence-electron chi connectivity index (χ0n) is 13.4. The molecule has 0 aliphatic heterocycles. The summed E-state index contributed by atoms with van der Waals surface area (Å²) in [5.74, 6) is 1.14. The zero-order chi connectivity index (χ0) is 16.8. The Balaban J connectivity index is 1.91. The van der Waals surface area contributed by atoms with Crippen LogP contribution in [0.3, 0.4) is 0 Å². The maximum Gasteiger partial charge on any atom is 0.265 e. The molecule has 0 aliphatic rings. The predicted octanol–water partition coefficient (Wildman–Crippen LogP) is 4.53. The van der Waals surface area contributed by atoms with E-state index < -0.39 is 6.10 Å². The molecular weight excluding hydrogens is 314 g/mol. The first-order chi connectivity index (χ1) is 10.9. The number of amides is 1. The quantitative estimate of drug-likeness (QED) is 0.844. The highest BCUT2D eigenvalue weighted by Gasteiger charge is 2.15. The van der Waals surface area contributed by atoms with Crippen molar-refractivity contribution in [3.05, 3.63) is 53.6 Å². The van der Waals surface area contributed by atoms with Crippen LogP contribution in [0.2, 0.25) is 5.02 Å². The highest BCUT2D eigenvalue weighted by Crippen LogP contribution is 2.19. The van der Waals surface area contributed by atoms with Gasteiger partial charge in [0.15, 0.2) is 6.10 Å². The van der Waals surface area contributed by atoms with Crippen molar-refractivity contribution in [2.24, 2.45) is 0 Å². The Bertz CT molecular complexity index is 638. The van der Waals surface area contributed by atoms with Gasteiger partial charge in [-0.3, -0.25) is 4.79 Å². The number of carbonyl (C=O) groups is 1. The number of hydrogen-bond acceptors (Lipinski definition) is 3. The third-order valence-corrected chi connectivity index (χ3v) is 3.24. The number of hydrogen-bond donors (Lipinski definition) is 1. The maximum atomic E-state index is 12.2. The number of halogens is 1. The van der Waals surface area contributed by atoms with Crippen molar-refractivity contribution in [3.8, 4) is 11.5 Å². The minimum atomic E-state index is -0.622. The summed E-state index contributed by atoms with van der Waals surface area (Å²) in [5.41, 5.74) is 0.692. The first kappa shape index (κ1) is 17.2. The van der Waals surface area contributed by atoms with E-state index in [1.807, 2.05) is 26.0 Å². The van der Waals surface area contributed by atoms with Crippen molar-refractivity contribution in [1.82, 2.24) is 0 Å². The normalized spacial score (nSPS) is 11.9. The molecule has 0 heterocycles. The van der Waals surface area contributed by atoms with Crippen LogP contribution in [-0.2, 0) is 4.79 Å². The second-order valence-electron chi connectivity index (χ2n) is 5.39. The van der Waals surface area contributed by atoms with E-state index in [9.17, 15) is 4.79 Å². The lowest BCUT2D eigenvalue weighted by atomic mass is 10.2. The molecule has 1 atom stereocenters. The van der Waals surface area contributed by atoms with Gasteiger partial charge in [-0.1, -0.05) is 11.6 Å². The average molecular weight is 334 g/mol. The summed E-state index contributed by atoms with van der Waals surface area (Å²) in [7, 11) is 0. The summed E-state index contributed by atoms with van der Waals surface area (Å²) < 4.78 is 11.1. The molecule has 5 heteroatoms. The van der Waals surface area contributed by atoms with Crippen LogP contribution < -0.4 is 14.8 Å². The van der Waals surface area contributed by atoms with Gasteiger partial charge in [0, 0.05) is 10.7 Å². The fourth-order valence-corrected chi connectivity index (χ4v) is 2.03. The molecule has 2 aromatic carbocycles. The molecule has 0 bridgehead atoms. The summed E-state index contributed by atoms with van der Waals surface area (Å²) in [5, 5.41) is 3.43. The molecule has 1 unspecified atom stereocenters. The summed E-state index contributed by atoms with van der Waals surface area (Å²) in [6.45, 7) is 5.62. The number of ether oxygens (including phenoxy) is 2. The summed E-state index contributed by atoms with van der Waals surface area (Å²) in [6, 6.07) is 14.1. The van der Waals surface area contributed by atoms with E-state index in [4.69, 9.17) is 21.1 Å². The van der Waals surface area contributed by atoms with Gasteiger partial charge < -0.3 is 14.8 Å². The number of rotatable bonds is 6. The van der Waals surface area contributed by atoms with Gasteiger partial charge in [-0.15, -0.1) is 0 Å². The van der Waals surface area contributed by atoms with Crippen LogP contribution in [0.25, 0.3) is 0 Å². The van der Waals surface area contributed by atoms with Gasteiger partial charge in [0.1, 0.15) is 11.5 Å². The fourth-order valence-electron chi connectivity index (χ4n) is 1.90. The van der Waals surface area contributed by atoms with Gasteiger partial charge in [0.25, 0.3) is 5.91 Å². The van der Waals surface area contributed by atoms with Crippen molar-refractivity contribution in [3.63, 3.8) is 0 Å². The molecule has 0 saturated carbocycles. The number of benzene rings is 2. The molecule has 0 saturated heterocycles. The lowest BCUT2D eigenvalue weighted by Crippen LogP contribution is -2.30. The highest BCUT2D eigenvalue weighted by atomic mass is 35.5. The van der Waals surface area contributed by atoms with Crippen LogP contribution >= 0.6 is 11.6 Å². The van der Waals surface area contributed by atoms with E-state index in [-0.39, 0.29) is 12.0 Å². The predicted molar refractivity (Wildman–Crippen MR) is 92.4 cm³/mol. The van der Waals surface area contributed by atoms with Crippen LogP contribution in [0.15, 0.2) is 48.5 Å². The van der Waals surface area contributed by atoms with Crippen molar-refractivity contribution >= 4 is 23.2 Å². The molecule has 4 nitrogen and oxygen atoms in total. The van der Waals surface area contributed by atoms with Gasteiger partial charge in [-0.2, -0.15) is 0 Å². The van der Waals surface area contributed by atoms with E-state index in [1.54, 1.807) is 43.3 Å². The summed E-state index contributed by atoms with van der Waals surface area (Å²) in [6.07, 6.45) is -0.508. The minimum Gasteiger partial charge on any atom is -0.491 e. The van der Waals surface area contributed by atoms with E-state index in [0.29, 0.717) is 16.5 Å². The highest BCUT2D eigenvalue weighted by molar-refractivity contribution is 6.30. The lowest BCUT2D eigenvalue weighted by molar-refractivity contribution is -0.122. The minimum absolute atomic E-state index is 0.114. The molecule has 122 valence electrons. The SMILES string of the molecule is CC(C)Oc1ccc(NC(=O)C(C)Oc2ccc(Cl)cc2)cc1. The Morgan fingerprint density at radius 1 is 0.913 bits per heavy atom. The third kappa shape index (κ3) is 5.49. The Hall–Kier alpha value is -2.20. The first-order valence-corrected chi connectivity index (χ1v) is 7.81. The Kier molecular flexibility index (Phi) is 5.88. The van der Waals surface area contributed by atoms with Crippen molar-refractivity contribution < 1.29 is 14.3 Å². The van der Waals surface area contributed by atoms with Gasteiger partial charge >= 0.3 is 0 Å². The molecule has 1 N–H and O–H groups in total. The van der Waals surface area contributed by atoms with Crippen LogP contribution in [-0.4, -0.2) is 18.1 Å². The third-order valence-electron chi connectivity index (χ3n) is 2.99.